The number of allylic oxidation sites excluding steroid dienone is 4. The Balaban J connectivity index is 0.925. The van der Waals surface area contributed by atoms with Crippen LogP contribution in [0.1, 0.15) is 23.6 Å². The van der Waals surface area contributed by atoms with Gasteiger partial charge in [-0.25, -0.2) is 19.9 Å². The molecule has 3 heterocycles. The fourth-order valence-corrected chi connectivity index (χ4v) is 9.38. The number of aromatic nitrogens is 4. The Morgan fingerprint density at radius 3 is 1.48 bits per heavy atom. The van der Waals surface area contributed by atoms with E-state index in [-0.39, 0.29) is 5.92 Å². The van der Waals surface area contributed by atoms with Gasteiger partial charge in [-0.1, -0.05) is 170 Å². The Morgan fingerprint density at radius 1 is 0.377 bits per heavy atom. The third kappa shape index (κ3) is 7.37. The molecule has 7 aromatic carbocycles. The first-order valence-electron chi connectivity index (χ1n) is 20.6. The second kappa shape index (κ2) is 15.9. The lowest BCUT2D eigenvalue weighted by atomic mass is 9.86. The second-order valence-corrected chi connectivity index (χ2v) is 16.5. The molecule has 0 spiro atoms. The van der Waals surface area contributed by atoms with Crippen molar-refractivity contribution in [3.63, 3.8) is 0 Å². The molecule has 1 unspecified atom stereocenters. The van der Waals surface area contributed by atoms with Crippen LogP contribution in [0.5, 0.6) is 0 Å². The standard InChI is InChI=1S/C56H38N4S/c1-5-15-37(16-6-1)49-35-51(59-55(57-49)39-19-9-3-10-20-39)45-25-13-23-41(31-45)43-27-29-53-47(33-43)48-34-44(28-30-54(48)61-53)42-24-14-26-46(32-42)52-36-50(38-17-7-2-8-18-38)58-56(60-52)40-21-11-4-12-22-40/h1-31,33-36,42H,32H2. The van der Waals surface area contributed by atoms with Gasteiger partial charge in [-0.2, -0.15) is 0 Å². The van der Waals surface area contributed by atoms with Crippen LogP contribution in [0.2, 0.25) is 0 Å². The van der Waals surface area contributed by atoms with Crippen LogP contribution >= 0.6 is 11.3 Å². The fourth-order valence-electron chi connectivity index (χ4n) is 8.31. The number of hydrogen-bond donors (Lipinski definition) is 0. The topological polar surface area (TPSA) is 51.6 Å². The minimum atomic E-state index is 0.212. The quantitative estimate of drug-likeness (QED) is 0.154. The summed E-state index contributed by atoms with van der Waals surface area (Å²) < 4.78 is 2.57. The van der Waals surface area contributed by atoms with Gasteiger partial charge >= 0.3 is 0 Å². The molecule has 288 valence electrons. The average Bonchev–Trinajstić information content (AvgIpc) is 3.72. The van der Waals surface area contributed by atoms with Crippen LogP contribution in [-0.2, 0) is 0 Å². The summed E-state index contributed by atoms with van der Waals surface area (Å²) in [5.41, 5.74) is 13.7. The predicted molar refractivity (Wildman–Crippen MR) is 254 cm³/mol. The van der Waals surface area contributed by atoms with E-state index in [9.17, 15) is 0 Å². The van der Waals surface area contributed by atoms with Crippen molar-refractivity contribution < 1.29 is 0 Å². The summed E-state index contributed by atoms with van der Waals surface area (Å²) in [4.78, 5) is 20.3. The molecule has 0 N–H and O–H groups in total. The van der Waals surface area contributed by atoms with E-state index in [0.29, 0.717) is 5.82 Å². The lowest BCUT2D eigenvalue weighted by Gasteiger charge is -2.20. The molecular weight excluding hydrogens is 761 g/mol. The second-order valence-electron chi connectivity index (χ2n) is 15.4. The van der Waals surface area contributed by atoms with E-state index in [2.05, 4.69) is 164 Å². The van der Waals surface area contributed by atoms with Crippen molar-refractivity contribution in [3.8, 4) is 67.7 Å². The molecule has 4 nitrogen and oxygen atoms in total. The van der Waals surface area contributed by atoms with E-state index in [1.807, 2.05) is 59.9 Å². The number of rotatable bonds is 8. The zero-order valence-corrected chi connectivity index (χ0v) is 34.0. The molecule has 1 aliphatic carbocycles. The van der Waals surface area contributed by atoms with Crippen molar-refractivity contribution in [1.29, 1.82) is 0 Å². The lowest BCUT2D eigenvalue weighted by Crippen LogP contribution is -2.04. The minimum absolute atomic E-state index is 0.212. The van der Waals surface area contributed by atoms with E-state index in [1.165, 1.54) is 36.9 Å². The smallest absolute Gasteiger partial charge is 0.160 e. The third-order valence-electron chi connectivity index (χ3n) is 11.5. The zero-order valence-electron chi connectivity index (χ0n) is 33.2. The Hall–Kier alpha value is -7.60. The molecule has 0 amide bonds. The van der Waals surface area contributed by atoms with Gasteiger partial charge < -0.3 is 0 Å². The maximum atomic E-state index is 5.15. The fraction of sp³-hybridized carbons (Fsp3) is 0.0357. The first-order chi connectivity index (χ1) is 30.2. The summed E-state index contributed by atoms with van der Waals surface area (Å²) in [5.74, 6) is 1.66. The molecule has 0 bridgehead atoms. The summed E-state index contributed by atoms with van der Waals surface area (Å²) in [5, 5.41) is 2.56. The molecule has 11 rings (SSSR count). The maximum Gasteiger partial charge on any atom is 0.160 e. The van der Waals surface area contributed by atoms with Gasteiger partial charge in [0.25, 0.3) is 0 Å². The first-order valence-corrected chi connectivity index (χ1v) is 21.4. The van der Waals surface area contributed by atoms with Gasteiger partial charge in [0.1, 0.15) is 0 Å². The van der Waals surface area contributed by atoms with E-state index >= 15 is 0 Å². The van der Waals surface area contributed by atoms with Gasteiger partial charge in [-0.15, -0.1) is 11.3 Å². The van der Waals surface area contributed by atoms with Crippen LogP contribution in [0.15, 0.2) is 212 Å². The molecule has 0 radical (unpaired) electrons. The molecular formula is C56H38N4S. The highest BCUT2D eigenvalue weighted by molar-refractivity contribution is 7.25. The van der Waals surface area contributed by atoms with Crippen molar-refractivity contribution in [2.24, 2.45) is 0 Å². The highest BCUT2D eigenvalue weighted by Crippen LogP contribution is 2.41. The van der Waals surface area contributed by atoms with Crippen molar-refractivity contribution in [3.05, 3.63) is 224 Å². The van der Waals surface area contributed by atoms with Crippen molar-refractivity contribution >= 4 is 37.1 Å². The Bertz CT molecular complexity index is 3150. The number of nitrogens with zero attached hydrogens (tertiary/aromatic N) is 4. The monoisotopic (exact) mass is 798 g/mol. The summed E-state index contributed by atoms with van der Waals surface area (Å²) in [6.45, 7) is 0. The number of hydrogen-bond acceptors (Lipinski definition) is 5. The number of benzene rings is 7. The number of fused-ring (bicyclic) bond motifs is 3. The van der Waals surface area contributed by atoms with Crippen LogP contribution in [0.3, 0.4) is 0 Å². The van der Waals surface area contributed by atoms with Crippen molar-refractivity contribution in [2.45, 2.75) is 12.3 Å². The van der Waals surface area contributed by atoms with Crippen LogP contribution in [-0.4, -0.2) is 19.9 Å². The SMILES string of the molecule is C1=CC(c2ccc3sc4ccc(-c5cccc(-c6cc(-c7ccccc7)nc(-c7ccccc7)n6)c5)cc4c3c2)CC(c2cc(-c3ccccc3)nc(-c3ccccc3)n2)=C1. The molecule has 1 atom stereocenters. The normalized spacial score (nSPS) is 13.7. The summed E-state index contributed by atoms with van der Waals surface area (Å²) >= 11 is 1.85. The van der Waals surface area contributed by atoms with Gasteiger partial charge in [0.2, 0.25) is 0 Å². The largest absolute Gasteiger partial charge is 0.228 e. The van der Waals surface area contributed by atoms with Crippen LogP contribution < -0.4 is 0 Å². The molecule has 1 aliphatic rings. The predicted octanol–water partition coefficient (Wildman–Crippen LogP) is 14.8. The van der Waals surface area contributed by atoms with Gasteiger partial charge in [0, 0.05) is 53.9 Å². The Labute approximate surface area is 359 Å². The molecule has 0 fully saturated rings. The van der Waals surface area contributed by atoms with E-state index < -0.39 is 0 Å². The Kier molecular flexibility index (Phi) is 9.49. The van der Waals surface area contributed by atoms with Crippen LogP contribution in [0.25, 0.3) is 93.4 Å². The van der Waals surface area contributed by atoms with Crippen LogP contribution in [0, 0.1) is 0 Å². The van der Waals surface area contributed by atoms with E-state index in [1.54, 1.807) is 0 Å². The zero-order chi connectivity index (χ0) is 40.5. The molecule has 61 heavy (non-hydrogen) atoms. The summed E-state index contributed by atoms with van der Waals surface area (Å²) in [6, 6.07) is 68.1. The van der Waals surface area contributed by atoms with Gasteiger partial charge in [-0.3, -0.25) is 0 Å². The summed E-state index contributed by atoms with van der Waals surface area (Å²) in [7, 11) is 0. The average molecular weight is 799 g/mol. The van der Waals surface area contributed by atoms with E-state index in [4.69, 9.17) is 19.9 Å². The molecule has 0 aliphatic heterocycles. The maximum absolute atomic E-state index is 5.15. The molecule has 10 aromatic rings. The number of thiophene rings is 1. The lowest BCUT2D eigenvalue weighted by molar-refractivity contribution is 0.864. The Morgan fingerprint density at radius 2 is 0.852 bits per heavy atom. The molecule has 0 saturated carbocycles. The highest BCUT2D eigenvalue weighted by atomic mass is 32.1. The van der Waals surface area contributed by atoms with Crippen molar-refractivity contribution in [2.75, 3.05) is 0 Å². The van der Waals surface area contributed by atoms with Crippen LogP contribution in [0.4, 0.5) is 0 Å². The third-order valence-corrected chi connectivity index (χ3v) is 12.6. The first kappa shape index (κ1) is 36.5. The van der Waals surface area contributed by atoms with Gasteiger partial charge in [0.15, 0.2) is 11.6 Å². The molecule has 5 heteroatoms. The van der Waals surface area contributed by atoms with Gasteiger partial charge in [-0.05, 0) is 71.1 Å². The van der Waals surface area contributed by atoms with Crippen molar-refractivity contribution in [1.82, 2.24) is 19.9 Å². The summed E-state index contributed by atoms with van der Waals surface area (Å²) in [6.07, 6.45) is 7.59. The minimum Gasteiger partial charge on any atom is -0.228 e. The van der Waals surface area contributed by atoms with Gasteiger partial charge in [0.05, 0.1) is 22.8 Å². The van der Waals surface area contributed by atoms with E-state index in [0.717, 1.165) is 68.4 Å². The molecule has 0 saturated heterocycles. The highest BCUT2D eigenvalue weighted by Gasteiger charge is 2.20. The molecule has 3 aromatic heterocycles.